The zero-order valence-corrected chi connectivity index (χ0v) is 20.3. The predicted molar refractivity (Wildman–Crippen MR) is 131 cm³/mol. The van der Waals surface area contributed by atoms with E-state index in [9.17, 15) is 18.8 Å². The summed E-state index contributed by atoms with van der Waals surface area (Å²) in [7, 11) is 0. The third-order valence-corrected chi connectivity index (χ3v) is 6.56. The lowest BCUT2D eigenvalue weighted by molar-refractivity contribution is -0.142. The Balaban J connectivity index is 1.54. The summed E-state index contributed by atoms with van der Waals surface area (Å²) in [5.41, 5.74) is 1.56. The number of rotatable bonds is 8. The van der Waals surface area contributed by atoms with Gasteiger partial charge in [0.25, 0.3) is 0 Å². The number of carbonyl (C=O) groups excluding carboxylic acids is 3. The number of halogens is 2. The quantitative estimate of drug-likeness (QED) is 0.476. The van der Waals surface area contributed by atoms with Crippen molar-refractivity contribution in [1.82, 2.24) is 14.8 Å². The Bertz CT molecular complexity index is 1270. The van der Waals surface area contributed by atoms with E-state index in [-0.39, 0.29) is 35.4 Å². The van der Waals surface area contributed by atoms with Gasteiger partial charge in [0.2, 0.25) is 11.8 Å². The van der Waals surface area contributed by atoms with E-state index in [0.29, 0.717) is 25.1 Å². The van der Waals surface area contributed by atoms with Crippen molar-refractivity contribution in [2.24, 2.45) is 0 Å². The minimum atomic E-state index is -0.848. The highest BCUT2D eigenvalue weighted by atomic mass is 35.5. The molecule has 0 aliphatic carbocycles. The van der Waals surface area contributed by atoms with Crippen molar-refractivity contribution in [3.63, 3.8) is 0 Å². The van der Waals surface area contributed by atoms with Gasteiger partial charge in [-0.3, -0.25) is 14.4 Å². The normalized spacial score (nSPS) is 17.7. The molecule has 1 fully saturated rings. The lowest BCUT2D eigenvalue weighted by atomic mass is 10.1. The number of carbonyl (C=O) groups is 3. The number of ether oxygens (including phenoxy) is 1. The lowest BCUT2D eigenvalue weighted by Crippen LogP contribution is -2.51. The van der Waals surface area contributed by atoms with Crippen molar-refractivity contribution in [3.05, 3.63) is 70.6 Å². The number of amides is 2. The Morgan fingerprint density at radius 2 is 1.94 bits per heavy atom. The summed E-state index contributed by atoms with van der Waals surface area (Å²) in [6.07, 6.45) is 1.72. The van der Waals surface area contributed by atoms with Gasteiger partial charge in [0.15, 0.2) is 5.78 Å². The van der Waals surface area contributed by atoms with Crippen LogP contribution in [-0.4, -0.2) is 52.4 Å². The Morgan fingerprint density at radius 3 is 2.69 bits per heavy atom. The summed E-state index contributed by atoms with van der Waals surface area (Å²) in [5, 5.41) is 3.49. The topological polar surface area (TPSA) is 80.6 Å². The van der Waals surface area contributed by atoms with Crippen LogP contribution in [0.4, 0.5) is 4.39 Å². The van der Waals surface area contributed by atoms with E-state index in [1.54, 1.807) is 22.9 Å². The van der Waals surface area contributed by atoms with Gasteiger partial charge in [-0.25, -0.2) is 4.39 Å². The Morgan fingerprint density at radius 1 is 1.17 bits per heavy atom. The molecule has 7 nitrogen and oxygen atoms in total. The molecule has 0 radical (unpaired) electrons. The highest BCUT2D eigenvalue weighted by Crippen LogP contribution is 2.25. The van der Waals surface area contributed by atoms with Crippen molar-refractivity contribution in [2.45, 2.75) is 45.5 Å². The molecular weight excluding hydrogens is 473 g/mol. The van der Waals surface area contributed by atoms with Crippen molar-refractivity contribution >= 4 is 40.1 Å². The number of likely N-dealkylation sites (tertiary alicyclic amines) is 1. The fraction of sp³-hybridized carbons (Fsp3) is 0.346. The molecular formula is C26H27ClFN3O4. The summed E-state index contributed by atoms with van der Waals surface area (Å²) in [5.74, 6) is -1.36. The predicted octanol–water partition coefficient (Wildman–Crippen LogP) is 3.96. The molecule has 2 heterocycles. The Kier molecular flexibility index (Phi) is 7.52. The van der Waals surface area contributed by atoms with Crippen LogP contribution in [0.5, 0.6) is 0 Å². The fourth-order valence-corrected chi connectivity index (χ4v) is 4.80. The van der Waals surface area contributed by atoms with E-state index in [0.717, 1.165) is 10.9 Å². The van der Waals surface area contributed by atoms with E-state index in [2.05, 4.69) is 5.32 Å². The number of nitrogens with zero attached hydrogens (tertiary/aromatic N) is 2. The van der Waals surface area contributed by atoms with Crippen molar-refractivity contribution in [2.75, 3.05) is 13.2 Å². The molecule has 2 unspecified atom stereocenters. The lowest BCUT2D eigenvalue weighted by Gasteiger charge is -2.27. The summed E-state index contributed by atoms with van der Waals surface area (Å²) in [6, 6.07) is 11.1. The average Bonchev–Trinajstić information content (AvgIpc) is 3.42. The van der Waals surface area contributed by atoms with E-state index in [1.807, 2.05) is 31.2 Å². The van der Waals surface area contributed by atoms with Crippen LogP contribution >= 0.6 is 11.6 Å². The van der Waals surface area contributed by atoms with Crippen molar-refractivity contribution in [1.29, 1.82) is 0 Å². The number of Topliss-reactive ketones (excluding diaryl/α,β-unsaturated/α-hetero) is 1. The van der Waals surface area contributed by atoms with Gasteiger partial charge in [0.1, 0.15) is 18.4 Å². The van der Waals surface area contributed by atoms with Gasteiger partial charge in [-0.1, -0.05) is 41.9 Å². The highest BCUT2D eigenvalue weighted by molar-refractivity contribution is 6.30. The van der Waals surface area contributed by atoms with Crippen LogP contribution in [0.1, 0.15) is 36.2 Å². The van der Waals surface area contributed by atoms with Gasteiger partial charge >= 0.3 is 0 Å². The minimum absolute atomic E-state index is 0.0227. The molecule has 1 aromatic heterocycles. The smallest absolute Gasteiger partial charge is 0.245 e. The Labute approximate surface area is 207 Å². The first-order chi connectivity index (χ1) is 16.8. The van der Waals surface area contributed by atoms with E-state index < -0.39 is 23.9 Å². The van der Waals surface area contributed by atoms with Crippen LogP contribution in [0.25, 0.3) is 10.9 Å². The molecule has 2 amide bonds. The molecule has 2 aromatic carbocycles. The Hall–Kier alpha value is -3.23. The standard InChI is InChI=1S/C26H27ClFN3O4/c1-3-35-22-11-12-31(25(22)26(34)29-13-17-7-6-9-20(27)24(17)28)23(33)15-30-14-19(16(2)32)18-8-4-5-10-21(18)30/h4-10,14,22,25H,3,11-13,15H2,1-2H3,(H,29,34). The van der Waals surface area contributed by atoms with Gasteiger partial charge in [-0.2, -0.15) is 0 Å². The highest BCUT2D eigenvalue weighted by Gasteiger charge is 2.42. The monoisotopic (exact) mass is 499 g/mol. The molecule has 184 valence electrons. The maximum atomic E-state index is 14.3. The van der Waals surface area contributed by atoms with Crippen LogP contribution in [0, 0.1) is 5.82 Å². The third kappa shape index (κ3) is 5.09. The van der Waals surface area contributed by atoms with Gasteiger partial charge < -0.3 is 19.5 Å². The van der Waals surface area contributed by atoms with Gasteiger partial charge in [0, 0.05) is 47.9 Å². The molecule has 1 N–H and O–H groups in total. The molecule has 0 spiro atoms. The second-order valence-electron chi connectivity index (χ2n) is 8.49. The number of para-hydroxylation sites is 1. The van der Waals surface area contributed by atoms with Gasteiger partial charge in [-0.05, 0) is 32.4 Å². The summed E-state index contributed by atoms with van der Waals surface area (Å²) >= 11 is 5.84. The molecule has 3 aromatic rings. The summed E-state index contributed by atoms with van der Waals surface area (Å²) in [4.78, 5) is 40.2. The van der Waals surface area contributed by atoms with Crippen LogP contribution in [0.15, 0.2) is 48.7 Å². The molecule has 1 aliphatic rings. The first-order valence-corrected chi connectivity index (χ1v) is 11.9. The van der Waals surface area contributed by atoms with E-state index >= 15 is 0 Å². The largest absolute Gasteiger partial charge is 0.376 e. The average molecular weight is 500 g/mol. The number of hydrogen-bond donors (Lipinski definition) is 1. The zero-order chi connectivity index (χ0) is 25.1. The third-order valence-electron chi connectivity index (χ3n) is 6.27. The molecule has 2 atom stereocenters. The molecule has 1 aliphatic heterocycles. The maximum Gasteiger partial charge on any atom is 0.245 e. The fourth-order valence-electron chi connectivity index (χ4n) is 4.61. The second kappa shape index (κ2) is 10.6. The molecule has 9 heteroatoms. The van der Waals surface area contributed by atoms with Gasteiger partial charge in [-0.15, -0.1) is 0 Å². The molecule has 4 rings (SSSR count). The minimum Gasteiger partial charge on any atom is -0.376 e. The number of nitrogens with one attached hydrogen (secondary N) is 1. The van der Waals surface area contributed by atoms with Crippen LogP contribution in [-0.2, 0) is 27.4 Å². The van der Waals surface area contributed by atoms with Crippen LogP contribution in [0.3, 0.4) is 0 Å². The summed E-state index contributed by atoms with van der Waals surface area (Å²) < 4.78 is 21.8. The number of aromatic nitrogens is 1. The number of ketones is 1. The van der Waals surface area contributed by atoms with E-state index in [1.165, 1.54) is 17.9 Å². The van der Waals surface area contributed by atoms with Crippen molar-refractivity contribution in [3.8, 4) is 0 Å². The molecule has 0 saturated carbocycles. The van der Waals surface area contributed by atoms with Crippen LogP contribution < -0.4 is 5.32 Å². The van der Waals surface area contributed by atoms with Crippen molar-refractivity contribution < 1.29 is 23.5 Å². The zero-order valence-electron chi connectivity index (χ0n) is 19.6. The summed E-state index contributed by atoms with van der Waals surface area (Å²) in [6.45, 7) is 3.97. The molecule has 35 heavy (non-hydrogen) atoms. The maximum absolute atomic E-state index is 14.3. The number of fused-ring (bicyclic) bond motifs is 1. The van der Waals surface area contributed by atoms with Crippen LogP contribution in [0.2, 0.25) is 5.02 Å². The van der Waals surface area contributed by atoms with Gasteiger partial charge in [0.05, 0.1) is 11.1 Å². The number of benzene rings is 2. The number of hydrogen-bond acceptors (Lipinski definition) is 4. The second-order valence-corrected chi connectivity index (χ2v) is 8.90. The first kappa shape index (κ1) is 24.9. The van der Waals surface area contributed by atoms with E-state index in [4.69, 9.17) is 16.3 Å². The SMILES string of the molecule is CCOC1CCN(C(=O)Cn2cc(C(C)=O)c3ccccc32)C1C(=O)NCc1cccc(Cl)c1F. The molecule has 1 saturated heterocycles. The first-order valence-electron chi connectivity index (χ1n) is 11.5. The molecule has 0 bridgehead atoms.